The SMILES string of the molecule is CC(=O)OCCC=S(O)c1sc2nc(-c3cccs3)cc(C3=CC=CCC3)c2c1N. The van der Waals surface area contributed by atoms with Crippen molar-refractivity contribution in [1.29, 1.82) is 0 Å². The first kappa shape index (κ1) is 21.0. The fourth-order valence-corrected chi connectivity index (χ4v) is 6.45. The van der Waals surface area contributed by atoms with Crippen LogP contribution in [0.1, 0.15) is 31.7 Å². The Labute approximate surface area is 185 Å². The second-order valence-electron chi connectivity index (χ2n) is 6.78. The first-order valence-corrected chi connectivity index (χ1v) is 12.5. The van der Waals surface area contributed by atoms with Crippen LogP contribution >= 0.6 is 33.4 Å². The Morgan fingerprint density at radius 3 is 3.03 bits per heavy atom. The van der Waals surface area contributed by atoms with Gasteiger partial charge >= 0.3 is 5.97 Å². The number of carbonyl (C=O) groups excluding carboxylic acids is 1. The van der Waals surface area contributed by atoms with Gasteiger partial charge in [0.1, 0.15) is 9.04 Å². The van der Waals surface area contributed by atoms with Gasteiger partial charge in [-0.1, -0.05) is 24.3 Å². The molecule has 0 amide bonds. The largest absolute Gasteiger partial charge is 0.466 e. The number of nitrogens with zero attached hydrogens (tertiary/aromatic N) is 1. The zero-order chi connectivity index (χ0) is 21.1. The number of hydrogen-bond donors (Lipinski definition) is 2. The first-order valence-electron chi connectivity index (χ1n) is 9.56. The summed E-state index contributed by atoms with van der Waals surface area (Å²) in [6.45, 7) is 1.62. The number of aromatic nitrogens is 1. The molecule has 0 aromatic carbocycles. The van der Waals surface area contributed by atoms with Gasteiger partial charge in [0.15, 0.2) is 0 Å². The lowest BCUT2D eigenvalue weighted by Crippen LogP contribution is -2.00. The van der Waals surface area contributed by atoms with Crippen molar-refractivity contribution in [2.45, 2.75) is 30.4 Å². The maximum absolute atomic E-state index is 10.9. The van der Waals surface area contributed by atoms with Crippen LogP contribution in [0.15, 0.2) is 46.0 Å². The normalized spacial score (nSPS) is 14.8. The predicted molar refractivity (Wildman–Crippen MR) is 129 cm³/mol. The number of allylic oxidation sites excluding steroid dienone is 4. The highest BCUT2D eigenvalue weighted by Gasteiger charge is 2.20. The number of thiophene rings is 2. The van der Waals surface area contributed by atoms with Gasteiger partial charge in [-0.2, -0.15) is 0 Å². The van der Waals surface area contributed by atoms with Crippen LogP contribution in [0.25, 0.3) is 26.4 Å². The minimum absolute atomic E-state index is 0.245. The molecule has 0 spiro atoms. The van der Waals surface area contributed by atoms with Crippen LogP contribution in [0.4, 0.5) is 5.69 Å². The number of hydrogen-bond acceptors (Lipinski definition) is 7. The van der Waals surface area contributed by atoms with Crippen molar-refractivity contribution in [2.24, 2.45) is 0 Å². The molecule has 30 heavy (non-hydrogen) atoms. The molecule has 0 saturated carbocycles. The Kier molecular flexibility index (Phi) is 6.48. The van der Waals surface area contributed by atoms with Gasteiger partial charge in [0.2, 0.25) is 0 Å². The van der Waals surface area contributed by atoms with Crippen molar-refractivity contribution in [3.8, 4) is 10.6 Å². The number of rotatable bonds is 6. The summed E-state index contributed by atoms with van der Waals surface area (Å²) in [6.07, 6.45) is 8.78. The average molecular weight is 459 g/mol. The quantitative estimate of drug-likeness (QED) is 0.261. The third-order valence-corrected chi connectivity index (χ3v) is 8.39. The van der Waals surface area contributed by atoms with E-state index in [0.717, 1.165) is 39.2 Å². The number of fused-ring (bicyclic) bond motifs is 1. The van der Waals surface area contributed by atoms with E-state index in [4.69, 9.17) is 15.5 Å². The first-order chi connectivity index (χ1) is 14.5. The third-order valence-electron chi connectivity index (χ3n) is 4.69. The number of esters is 1. The Bertz CT molecular complexity index is 1170. The molecular formula is C22H22N2O3S3. The lowest BCUT2D eigenvalue weighted by molar-refractivity contribution is -0.140. The zero-order valence-corrected chi connectivity index (χ0v) is 18.9. The average Bonchev–Trinajstić information content (AvgIpc) is 3.39. The van der Waals surface area contributed by atoms with Crippen molar-refractivity contribution in [3.63, 3.8) is 0 Å². The van der Waals surface area contributed by atoms with Gasteiger partial charge in [-0.3, -0.25) is 4.79 Å². The van der Waals surface area contributed by atoms with E-state index in [1.807, 2.05) is 11.4 Å². The second kappa shape index (κ2) is 9.26. The van der Waals surface area contributed by atoms with Crippen molar-refractivity contribution in [3.05, 3.63) is 47.4 Å². The Morgan fingerprint density at radius 2 is 2.33 bits per heavy atom. The minimum atomic E-state index is -1.14. The van der Waals surface area contributed by atoms with E-state index in [1.54, 1.807) is 16.7 Å². The summed E-state index contributed by atoms with van der Waals surface area (Å²) in [5, 5.41) is 4.70. The highest BCUT2D eigenvalue weighted by molar-refractivity contribution is 8.11. The lowest BCUT2D eigenvalue weighted by atomic mass is 9.95. The van der Waals surface area contributed by atoms with Crippen LogP contribution in [0.3, 0.4) is 0 Å². The van der Waals surface area contributed by atoms with Crippen molar-refractivity contribution >= 4 is 66.3 Å². The van der Waals surface area contributed by atoms with Crippen LogP contribution in [-0.4, -0.2) is 27.5 Å². The molecule has 1 unspecified atom stereocenters. The van der Waals surface area contributed by atoms with Crippen molar-refractivity contribution < 1.29 is 14.1 Å². The fraction of sp³-hybridized carbons (Fsp3) is 0.227. The van der Waals surface area contributed by atoms with Crippen LogP contribution in [-0.2, 0) is 9.53 Å². The van der Waals surface area contributed by atoms with Gasteiger partial charge in [0.25, 0.3) is 0 Å². The predicted octanol–water partition coefficient (Wildman–Crippen LogP) is 6.20. The van der Waals surface area contributed by atoms with Gasteiger partial charge in [-0.05, 0) is 57.6 Å². The van der Waals surface area contributed by atoms with E-state index in [9.17, 15) is 9.35 Å². The smallest absolute Gasteiger partial charge is 0.302 e. The molecule has 4 rings (SSSR count). The van der Waals surface area contributed by atoms with Gasteiger partial charge in [-0.25, -0.2) is 4.98 Å². The summed E-state index contributed by atoms with van der Waals surface area (Å²) in [5.41, 5.74) is 10.4. The van der Waals surface area contributed by atoms with Gasteiger partial charge < -0.3 is 15.0 Å². The van der Waals surface area contributed by atoms with Crippen molar-refractivity contribution in [1.82, 2.24) is 4.98 Å². The van der Waals surface area contributed by atoms with E-state index in [-0.39, 0.29) is 12.6 Å². The number of nitrogens with two attached hydrogens (primary N) is 1. The molecule has 0 fully saturated rings. The summed E-state index contributed by atoms with van der Waals surface area (Å²) in [4.78, 5) is 17.7. The maximum atomic E-state index is 10.9. The van der Waals surface area contributed by atoms with Gasteiger partial charge in [-0.15, -0.1) is 22.7 Å². The maximum Gasteiger partial charge on any atom is 0.302 e. The molecule has 3 aromatic rings. The molecule has 0 aliphatic heterocycles. The van der Waals surface area contributed by atoms with E-state index in [0.29, 0.717) is 16.3 Å². The Balaban J connectivity index is 1.80. The van der Waals surface area contributed by atoms with Crippen LogP contribution in [0.2, 0.25) is 0 Å². The van der Waals surface area contributed by atoms with Crippen LogP contribution < -0.4 is 5.73 Å². The molecule has 5 nitrogen and oxygen atoms in total. The molecule has 3 aromatic heterocycles. The number of carbonyl (C=O) groups is 1. The third kappa shape index (κ3) is 4.41. The molecule has 0 saturated heterocycles. The topological polar surface area (TPSA) is 85.4 Å². The molecule has 0 radical (unpaired) electrons. The molecule has 3 heterocycles. The Hall–Kier alpha value is -2.26. The van der Waals surface area contributed by atoms with Crippen LogP contribution in [0, 0.1) is 0 Å². The second-order valence-corrected chi connectivity index (χ2v) is 10.4. The van der Waals surface area contributed by atoms with Crippen molar-refractivity contribution in [2.75, 3.05) is 12.3 Å². The summed E-state index contributed by atoms with van der Waals surface area (Å²) in [6, 6.07) is 6.20. The highest BCUT2D eigenvalue weighted by Crippen LogP contribution is 2.46. The number of nitrogen functional groups attached to an aromatic ring is 1. The summed E-state index contributed by atoms with van der Waals surface area (Å²) in [5.74, 6) is -0.327. The summed E-state index contributed by atoms with van der Waals surface area (Å²) < 4.78 is 16.4. The fourth-order valence-electron chi connectivity index (χ4n) is 3.32. The van der Waals surface area contributed by atoms with Gasteiger partial charge in [0, 0.05) is 18.7 Å². The zero-order valence-electron chi connectivity index (χ0n) is 16.5. The molecule has 156 valence electrons. The molecular weight excluding hydrogens is 436 g/mol. The van der Waals surface area contributed by atoms with E-state index in [2.05, 4.69) is 30.4 Å². The lowest BCUT2D eigenvalue weighted by Gasteiger charge is -2.13. The van der Waals surface area contributed by atoms with E-state index >= 15 is 0 Å². The van der Waals surface area contributed by atoms with Crippen LogP contribution in [0.5, 0.6) is 0 Å². The highest BCUT2D eigenvalue weighted by atomic mass is 32.2. The molecule has 8 heteroatoms. The molecule has 1 aliphatic carbocycles. The summed E-state index contributed by atoms with van der Waals surface area (Å²) in [7, 11) is -1.14. The monoisotopic (exact) mass is 458 g/mol. The molecule has 1 atom stereocenters. The molecule has 1 aliphatic rings. The molecule has 3 N–H and O–H groups in total. The Morgan fingerprint density at radius 1 is 1.47 bits per heavy atom. The number of anilines is 1. The standard InChI is InChI=1S/C22H22N2O3S3/c1-14(25)27-10-6-12-30(26)22-20(23)19-16(15-7-3-2-4-8-15)13-17(24-21(19)29-22)18-9-5-11-28-18/h2-3,5,7,9,11-13,26H,4,6,8,10,23H2,1H3. The minimum Gasteiger partial charge on any atom is -0.466 e. The van der Waals surface area contributed by atoms with Gasteiger partial charge in [0.05, 0.1) is 22.9 Å². The van der Waals surface area contributed by atoms with E-state index < -0.39 is 10.8 Å². The molecule has 0 bridgehead atoms. The number of pyridine rings is 1. The van der Waals surface area contributed by atoms with E-state index in [1.165, 1.54) is 23.8 Å². The number of ether oxygens (including phenoxy) is 1. The summed E-state index contributed by atoms with van der Waals surface area (Å²) >= 11 is 3.09.